The molecule has 150 valence electrons. The number of ether oxygens (including phenoxy) is 3. The maximum absolute atomic E-state index is 13.7. The first-order valence-corrected chi connectivity index (χ1v) is 8.07. The number of hydrogen-bond donors (Lipinski definition) is 1. The normalized spacial score (nSPS) is 11.1. The van der Waals surface area contributed by atoms with E-state index in [4.69, 9.17) is 4.74 Å². The van der Waals surface area contributed by atoms with Gasteiger partial charge < -0.3 is 19.5 Å². The van der Waals surface area contributed by atoms with E-state index in [1.54, 1.807) is 20.8 Å². The lowest BCUT2D eigenvalue weighted by Crippen LogP contribution is -2.33. The number of amides is 1. The summed E-state index contributed by atoms with van der Waals surface area (Å²) >= 11 is 0. The van der Waals surface area contributed by atoms with Crippen LogP contribution in [0.25, 0.3) is 0 Å². The lowest BCUT2D eigenvalue weighted by Gasteiger charge is -2.20. The fourth-order valence-corrected chi connectivity index (χ4v) is 2.23. The van der Waals surface area contributed by atoms with Crippen LogP contribution in [0.2, 0.25) is 0 Å². The molecule has 27 heavy (non-hydrogen) atoms. The van der Waals surface area contributed by atoms with Crippen LogP contribution in [0.1, 0.15) is 31.9 Å². The number of alkyl carbamates (subject to hydrolysis) is 1. The summed E-state index contributed by atoms with van der Waals surface area (Å²) in [4.78, 5) is 35.4. The molecule has 1 amide bonds. The molecular formula is C18H23F2NO6. The molecule has 1 N–H and O–H groups in total. The molecule has 0 bridgehead atoms. The zero-order valence-electron chi connectivity index (χ0n) is 15.9. The standard InChI is InChI=1S/C18H23F2NO6/c1-18(2,3)27-17(24)21-9-11-8-14(20)13(19)7-10(11)6-12(15(22)25-4)16(23)26-5/h7-8,12H,6,9H2,1-5H3,(H,21,24). The van der Waals surface area contributed by atoms with Crippen molar-refractivity contribution in [1.29, 1.82) is 0 Å². The first-order valence-electron chi connectivity index (χ1n) is 8.07. The van der Waals surface area contributed by atoms with Crippen molar-refractivity contribution < 1.29 is 37.4 Å². The molecule has 0 radical (unpaired) electrons. The Kier molecular flexibility index (Phi) is 7.68. The van der Waals surface area contributed by atoms with Crippen molar-refractivity contribution >= 4 is 18.0 Å². The molecule has 1 rings (SSSR count). The number of nitrogens with one attached hydrogen (secondary N) is 1. The Hall–Kier alpha value is -2.71. The minimum Gasteiger partial charge on any atom is -0.468 e. The van der Waals surface area contributed by atoms with E-state index in [9.17, 15) is 23.2 Å². The molecular weight excluding hydrogens is 364 g/mol. The Morgan fingerprint density at radius 2 is 1.48 bits per heavy atom. The van der Waals surface area contributed by atoms with Crippen molar-refractivity contribution in [2.45, 2.75) is 39.3 Å². The average Bonchev–Trinajstić information content (AvgIpc) is 2.58. The summed E-state index contributed by atoms with van der Waals surface area (Å²) in [5, 5.41) is 2.42. The van der Waals surface area contributed by atoms with Crippen molar-refractivity contribution in [3.8, 4) is 0 Å². The molecule has 0 spiro atoms. The molecule has 0 aromatic heterocycles. The monoisotopic (exact) mass is 387 g/mol. The third kappa shape index (κ3) is 6.84. The minimum atomic E-state index is -1.36. The van der Waals surface area contributed by atoms with E-state index < -0.39 is 41.2 Å². The van der Waals surface area contributed by atoms with E-state index in [1.807, 2.05) is 0 Å². The topological polar surface area (TPSA) is 90.9 Å². The van der Waals surface area contributed by atoms with Crippen LogP contribution in [0.3, 0.4) is 0 Å². The van der Waals surface area contributed by atoms with Gasteiger partial charge in [0.2, 0.25) is 0 Å². The molecule has 0 saturated heterocycles. The predicted molar refractivity (Wildman–Crippen MR) is 90.7 cm³/mol. The van der Waals surface area contributed by atoms with Crippen LogP contribution in [0, 0.1) is 17.6 Å². The summed E-state index contributed by atoms with van der Waals surface area (Å²) in [6.07, 6.45) is -1.04. The van der Waals surface area contributed by atoms with Crippen molar-refractivity contribution in [1.82, 2.24) is 5.32 Å². The highest BCUT2D eigenvalue weighted by molar-refractivity contribution is 5.95. The van der Waals surface area contributed by atoms with Crippen LogP contribution in [-0.4, -0.2) is 37.9 Å². The molecule has 0 aliphatic carbocycles. The number of esters is 2. The van der Waals surface area contributed by atoms with Gasteiger partial charge in [-0.15, -0.1) is 0 Å². The van der Waals surface area contributed by atoms with Crippen molar-refractivity contribution in [2.24, 2.45) is 5.92 Å². The van der Waals surface area contributed by atoms with Crippen LogP contribution < -0.4 is 5.32 Å². The predicted octanol–water partition coefficient (Wildman–Crippen LogP) is 2.49. The highest BCUT2D eigenvalue weighted by Gasteiger charge is 2.30. The Morgan fingerprint density at radius 3 is 1.93 bits per heavy atom. The summed E-state index contributed by atoms with van der Waals surface area (Å²) in [6, 6.07) is 1.74. The lowest BCUT2D eigenvalue weighted by atomic mass is 9.95. The molecule has 0 atom stereocenters. The number of carbonyl (C=O) groups excluding carboxylic acids is 3. The van der Waals surface area contributed by atoms with Gasteiger partial charge in [-0.2, -0.15) is 0 Å². The molecule has 0 saturated carbocycles. The van der Waals surface area contributed by atoms with E-state index >= 15 is 0 Å². The highest BCUT2D eigenvalue weighted by atomic mass is 19.2. The van der Waals surface area contributed by atoms with Gasteiger partial charge >= 0.3 is 18.0 Å². The van der Waals surface area contributed by atoms with Crippen LogP contribution in [0.4, 0.5) is 13.6 Å². The third-order valence-corrected chi connectivity index (χ3v) is 3.46. The zero-order valence-corrected chi connectivity index (χ0v) is 15.9. The quantitative estimate of drug-likeness (QED) is 0.458. The molecule has 0 aliphatic heterocycles. The maximum Gasteiger partial charge on any atom is 0.407 e. The van der Waals surface area contributed by atoms with Gasteiger partial charge in [-0.05, 0) is 50.5 Å². The first-order chi connectivity index (χ1) is 12.5. The summed E-state index contributed by atoms with van der Waals surface area (Å²) < 4.78 is 41.5. The Labute approximate surface area is 156 Å². The Balaban J connectivity index is 3.08. The van der Waals surface area contributed by atoms with Crippen LogP contribution in [0.5, 0.6) is 0 Å². The first kappa shape index (κ1) is 22.3. The van der Waals surface area contributed by atoms with Crippen molar-refractivity contribution in [2.75, 3.05) is 14.2 Å². The van der Waals surface area contributed by atoms with Gasteiger partial charge in [-0.25, -0.2) is 13.6 Å². The average molecular weight is 387 g/mol. The van der Waals surface area contributed by atoms with Crippen LogP contribution in [0.15, 0.2) is 12.1 Å². The van der Waals surface area contributed by atoms with E-state index in [1.165, 1.54) is 0 Å². The smallest absolute Gasteiger partial charge is 0.407 e. The van der Waals surface area contributed by atoms with E-state index in [2.05, 4.69) is 14.8 Å². The summed E-state index contributed by atoms with van der Waals surface area (Å²) in [5.74, 6) is -5.40. The second-order valence-corrected chi connectivity index (χ2v) is 6.69. The number of methoxy groups -OCH3 is 2. The highest BCUT2D eigenvalue weighted by Crippen LogP contribution is 2.20. The third-order valence-electron chi connectivity index (χ3n) is 3.46. The van der Waals surface area contributed by atoms with Crippen LogP contribution >= 0.6 is 0 Å². The summed E-state index contributed by atoms with van der Waals surface area (Å²) in [6.45, 7) is 4.82. The van der Waals surface area contributed by atoms with E-state index in [-0.39, 0.29) is 24.1 Å². The number of benzene rings is 1. The van der Waals surface area contributed by atoms with Crippen molar-refractivity contribution in [3.05, 3.63) is 34.9 Å². The van der Waals surface area contributed by atoms with Gasteiger partial charge in [-0.1, -0.05) is 0 Å². The largest absolute Gasteiger partial charge is 0.468 e. The second kappa shape index (κ2) is 9.29. The van der Waals surface area contributed by atoms with Gasteiger partial charge in [0.05, 0.1) is 14.2 Å². The minimum absolute atomic E-state index is 0.144. The number of rotatable bonds is 6. The molecule has 0 aliphatic rings. The van der Waals surface area contributed by atoms with Gasteiger partial charge in [0.25, 0.3) is 0 Å². The Morgan fingerprint density at radius 1 is 1.00 bits per heavy atom. The molecule has 7 nitrogen and oxygen atoms in total. The van der Waals surface area contributed by atoms with Gasteiger partial charge in [0.1, 0.15) is 5.60 Å². The fraction of sp³-hybridized carbons (Fsp3) is 0.500. The Bertz CT molecular complexity index is 699. The molecule has 9 heteroatoms. The molecule has 1 aromatic carbocycles. The van der Waals surface area contributed by atoms with Crippen molar-refractivity contribution in [3.63, 3.8) is 0 Å². The molecule has 0 fully saturated rings. The molecule has 0 unspecified atom stereocenters. The fourth-order valence-electron chi connectivity index (χ4n) is 2.23. The zero-order chi connectivity index (χ0) is 20.8. The van der Waals surface area contributed by atoms with Gasteiger partial charge in [-0.3, -0.25) is 9.59 Å². The number of carbonyl (C=O) groups is 3. The number of hydrogen-bond acceptors (Lipinski definition) is 6. The van der Waals surface area contributed by atoms with Gasteiger partial charge in [0, 0.05) is 6.54 Å². The van der Waals surface area contributed by atoms with E-state index in [0.717, 1.165) is 26.4 Å². The van der Waals surface area contributed by atoms with Gasteiger partial charge in [0.15, 0.2) is 17.6 Å². The number of halogens is 2. The van der Waals surface area contributed by atoms with Crippen LogP contribution in [-0.2, 0) is 36.8 Å². The maximum atomic E-state index is 13.7. The second-order valence-electron chi connectivity index (χ2n) is 6.69. The summed E-state index contributed by atoms with van der Waals surface area (Å²) in [7, 11) is 2.18. The lowest BCUT2D eigenvalue weighted by molar-refractivity contribution is -0.158. The molecule has 1 aromatic rings. The van der Waals surface area contributed by atoms with E-state index in [0.29, 0.717) is 0 Å². The molecule has 0 heterocycles. The summed E-state index contributed by atoms with van der Waals surface area (Å²) in [5.41, 5.74) is -0.412. The SMILES string of the molecule is COC(=O)C(Cc1cc(F)c(F)cc1CNC(=O)OC(C)(C)C)C(=O)OC.